The van der Waals surface area contributed by atoms with Crippen LogP contribution in [0.15, 0.2) is 36.4 Å². The number of hydrogen-bond acceptors (Lipinski definition) is 4. The van der Waals surface area contributed by atoms with Gasteiger partial charge in [0.15, 0.2) is 11.5 Å². The molecular weight excluding hydrogens is 292 g/mol. The van der Waals surface area contributed by atoms with Crippen molar-refractivity contribution in [3.8, 4) is 17.2 Å². The minimum atomic E-state index is -0.124. The molecule has 108 valence electrons. The van der Waals surface area contributed by atoms with Crippen molar-refractivity contribution in [3.05, 3.63) is 52.5 Å². The topological polar surface area (TPSA) is 77.6 Å². The van der Waals surface area contributed by atoms with Crippen molar-refractivity contribution in [1.82, 2.24) is 0 Å². The van der Waals surface area contributed by atoms with Gasteiger partial charge in [-0.25, -0.2) is 0 Å². The van der Waals surface area contributed by atoms with Crippen molar-refractivity contribution < 1.29 is 14.2 Å². The minimum Gasteiger partial charge on any atom is -0.488 e. The lowest BCUT2D eigenvalue weighted by atomic mass is 10.1. The van der Waals surface area contributed by atoms with E-state index in [2.05, 4.69) is 0 Å². The molecule has 2 aromatic rings. The number of benzene rings is 2. The fraction of sp³-hybridized carbons (Fsp3) is 0.133. The number of amidine groups is 1. The van der Waals surface area contributed by atoms with E-state index in [-0.39, 0.29) is 12.6 Å². The number of rotatable bonds is 4. The van der Waals surface area contributed by atoms with Gasteiger partial charge in [-0.15, -0.1) is 0 Å². The third kappa shape index (κ3) is 2.73. The molecule has 0 saturated carbocycles. The number of ether oxygens (including phenoxy) is 3. The Morgan fingerprint density at radius 1 is 1.24 bits per heavy atom. The summed E-state index contributed by atoms with van der Waals surface area (Å²) in [6.45, 7) is 0.555. The van der Waals surface area contributed by atoms with Gasteiger partial charge in [-0.1, -0.05) is 23.7 Å². The molecule has 1 aliphatic heterocycles. The zero-order chi connectivity index (χ0) is 14.8. The quantitative estimate of drug-likeness (QED) is 0.672. The second-order valence-electron chi connectivity index (χ2n) is 4.50. The highest BCUT2D eigenvalue weighted by molar-refractivity contribution is 6.34. The second kappa shape index (κ2) is 5.54. The molecule has 1 heterocycles. The Hall–Kier alpha value is -2.40. The van der Waals surface area contributed by atoms with Crippen molar-refractivity contribution >= 4 is 17.4 Å². The maximum Gasteiger partial charge on any atom is 0.231 e. The van der Waals surface area contributed by atoms with Gasteiger partial charge in [0.1, 0.15) is 18.2 Å². The maximum absolute atomic E-state index is 7.58. The highest BCUT2D eigenvalue weighted by Gasteiger charge is 2.14. The van der Waals surface area contributed by atoms with Crippen molar-refractivity contribution in [2.75, 3.05) is 6.79 Å². The van der Waals surface area contributed by atoms with E-state index in [0.717, 1.165) is 11.3 Å². The normalized spacial score (nSPS) is 12.2. The van der Waals surface area contributed by atoms with Crippen LogP contribution in [0.2, 0.25) is 5.02 Å². The Morgan fingerprint density at radius 2 is 2.05 bits per heavy atom. The Labute approximate surface area is 126 Å². The third-order valence-electron chi connectivity index (χ3n) is 3.08. The Kier molecular flexibility index (Phi) is 3.58. The van der Waals surface area contributed by atoms with Gasteiger partial charge in [-0.05, 0) is 29.8 Å². The summed E-state index contributed by atoms with van der Waals surface area (Å²) in [6.07, 6.45) is 0. The van der Waals surface area contributed by atoms with Gasteiger partial charge >= 0.3 is 0 Å². The van der Waals surface area contributed by atoms with Gasteiger partial charge in [0.25, 0.3) is 0 Å². The predicted octanol–water partition coefficient (Wildman–Crippen LogP) is 2.93. The molecule has 0 saturated heterocycles. The zero-order valence-electron chi connectivity index (χ0n) is 11.1. The maximum atomic E-state index is 7.58. The molecule has 6 heteroatoms. The van der Waals surface area contributed by atoms with Gasteiger partial charge in [0.2, 0.25) is 6.79 Å². The molecule has 0 fully saturated rings. The van der Waals surface area contributed by atoms with Crippen LogP contribution in [0.3, 0.4) is 0 Å². The molecule has 21 heavy (non-hydrogen) atoms. The molecule has 0 aliphatic carbocycles. The van der Waals surface area contributed by atoms with Gasteiger partial charge < -0.3 is 19.9 Å². The molecule has 0 spiro atoms. The van der Waals surface area contributed by atoms with Crippen LogP contribution >= 0.6 is 11.6 Å². The van der Waals surface area contributed by atoms with Gasteiger partial charge in [0, 0.05) is 0 Å². The molecule has 0 bridgehead atoms. The summed E-state index contributed by atoms with van der Waals surface area (Å²) >= 11 is 6.05. The first kappa shape index (κ1) is 13.6. The summed E-state index contributed by atoms with van der Waals surface area (Å²) in [6, 6.07) is 10.8. The number of nitrogens with two attached hydrogens (primary N) is 1. The van der Waals surface area contributed by atoms with E-state index < -0.39 is 0 Å². The van der Waals surface area contributed by atoms with E-state index in [4.69, 9.17) is 37.0 Å². The average molecular weight is 305 g/mol. The fourth-order valence-corrected chi connectivity index (χ4v) is 2.35. The van der Waals surface area contributed by atoms with Crippen molar-refractivity contribution in [1.29, 1.82) is 5.41 Å². The van der Waals surface area contributed by atoms with E-state index >= 15 is 0 Å². The second-order valence-corrected chi connectivity index (χ2v) is 4.91. The predicted molar refractivity (Wildman–Crippen MR) is 79.4 cm³/mol. The van der Waals surface area contributed by atoms with Crippen LogP contribution in [0.4, 0.5) is 0 Å². The van der Waals surface area contributed by atoms with Crippen LogP contribution in [0.25, 0.3) is 0 Å². The van der Waals surface area contributed by atoms with Crippen molar-refractivity contribution in [2.24, 2.45) is 5.73 Å². The summed E-state index contributed by atoms with van der Waals surface area (Å²) < 4.78 is 16.3. The Balaban J connectivity index is 1.79. The molecule has 0 amide bonds. The molecular formula is C15H13ClN2O3. The fourth-order valence-electron chi connectivity index (χ4n) is 2.08. The van der Waals surface area contributed by atoms with Gasteiger partial charge in [0.05, 0.1) is 10.6 Å². The van der Waals surface area contributed by atoms with Crippen LogP contribution in [0.1, 0.15) is 11.1 Å². The smallest absolute Gasteiger partial charge is 0.231 e. The van der Waals surface area contributed by atoms with Crippen molar-refractivity contribution in [3.63, 3.8) is 0 Å². The summed E-state index contributed by atoms with van der Waals surface area (Å²) in [5, 5.41) is 7.97. The number of nitrogen functional groups attached to an aromatic ring is 1. The molecule has 0 radical (unpaired) electrons. The van der Waals surface area contributed by atoms with Gasteiger partial charge in [-0.3, -0.25) is 5.41 Å². The van der Waals surface area contributed by atoms with Crippen LogP contribution in [-0.4, -0.2) is 12.6 Å². The molecule has 3 rings (SSSR count). The minimum absolute atomic E-state index is 0.124. The van der Waals surface area contributed by atoms with E-state index in [1.165, 1.54) is 0 Å². The standard InChI is InChI=1S/C15H13ClN2O3/c16-10-2-1-3-12(14(10)15(17)18)19-7-9-4-5-11-13(6-9)21-8-20-11/h1-6H,7-8H2,(H3,17,18). The number of hydrogen-bond donors (Lipinski definition) is 2. The van der Waals surface area contributed by atoms with Gasteiger partial charge in [-0.2, -0.15) is 0 Å². The Bertz CT molecular complexity index is 703. The summed E-state index contributed by atoms with van der Waals surface area (Å²) in [5.74, 6) is 1.79. The van der Waals surface area contributed by atoms with Crippen LogP contribution in [-0.2, 0) is 6.61 Å². The lowest BCUT2D eigenvalue weighted by Crippen LogP contribution is -2.13. The SMILES string of the molecule is N=C(N)c1c(Cl)cccc1OCc1ccc2c(c1)OCO2. The molecule has 0 aromatic heterocycles. The molecule has 3 N–H and O–H groups in total. The first-order valence-corrected chi connectivity index (χ1v) is 6.67. The average Bonchev–Trinajstić information content (AvgIpc) is 2.92. The molecule has 0 atom stereocenters. The summed E-state index contributed by atoms with van der Waals surface area (Å²) in [5.41, 5.74) is 6.87. The molecule has 1 aliphatic rings. The van der Waals surface area contributed by atoms with Crippen LogP contribution in [0.5, 0.6) is 17.2 Å². The summed E-state index contributed by atoms with van der Waals surface area (Å²) in [4.78, 5) is 0. The lowest BCUT2D eigenvalue weighted by Gasteiger charge is -2.12. The number of fused-ring (bicyclic) bond motifs is 1. The zero-order valence-corrected chi connectivity index (χ0v) is 11.8. The molecule has 2 aromatic carbocycles. The first-order chi connectivity index (χ1) is 10.1. The third-order valence-corrected chi connectivity index (χ3v) is 3.39. The Morgan fingerprint density at radius 3 is 2.86 bits per heavy atom. The lowest BCUT2D eigenvalue weighted by molar-refractivity contribution is 0.174. The van der Waals surface area contributed by atoms with E-state index in [9.17, 15) is 0 Å². The van der Waals surface area contributed by atoms with E-state index in [0.29, 0.717) is 28.7 Å². The van der Waals surface area contributed by atoms with E-state index in [1.54, 1.807) is 18.2 Å². The molecule has 5 nitrogen and oxygen atoms in total. The first-order valence-electron chi connectivity index (χ1n) is 6.29. The van der Waals surface area contributed by atoms with Crippen molar-refractivity contribution in [2.45, 2.75) is 6.61 Å². The largest absolute Gasteiger partial charge is 0.488 e. The van der Waals surface area contributed by atoms with Crippen LogP contribution < -0.4 is 19.9 Å². The highest BCUT2D eigenvalue weighted by atomic mass is 35.5. The summed E-state index contributed by atoms with van der Waals surface area (Å²) in [7, 11) is 0. The number of nitrogens with one attached hydrogen (secondary N) is 1. The monoisotopic (exact) mass is 304 g/mol. The van der Waals surface area contributed by atoms with E-state index in [1.807, 2.05) is 18.2 Å². The number of halogens is 1. The van der Waals surface area contributed by atoms with Crippen LogP contribution in [0, 0.1) is 5.41 Å². The highest BCUT2D eigenvalue weighted by Crippen LogP contribution is 2.33. The molecule has 0 unspecified atom stereocenters.